The summed E-state index contributed by atoms with van der Waals surface area (Å²) in [5, 5.41) is 11.7. The zero-order chi connectivity index (χ0) is 20.2. The molecule has 3 aromatic rings. The first-order valence-electron chi connectivity index (χ1n) is 9.87. The minimum Gasteiger partial charge on any atom is -0.461 e. The molecule has 1 saturated heterocycles. The molecular formula is C21H25N5O2S. The first-order valence-corrected chi connectivity index (χ1v) is 10.8. The number of hydrogen-bond acceptors (Lipinski definition) is 6. The van der Waals surface area contributed by atoms with Gasteiger partial charge in [0.1, 0.15) is 0 Å². The Hall–Kier alpha value is -2.74. The Morgan fingerprint density at radius 2 is 1.90 bits per heavy atom. The van der Waals surface area contributed by atoms with Gasteiger partial charge < -0.3 is 19.2 Å². The lowest BCUT2D eigenvalue weighted by molar-refractivity contribution is -0.115. The molecule has 29 heavy (non-hydrogen) atoms. The van der Waals surface area contributed by atoms with Crippen LogP contribution in [0.2, 0.25) is 0 Å². The van der Waals surface area contributed by atoms with E-state index in [2.05, 4.69) is 32.5 Å². The predicted octanol–water partition coefficient (Wildman–Crippen LogP) is 4.18. The van der Waals surface area contributed by atoms with Gasteiger partial charge in [0.15, 0.2) is 16.7 Å². The van der Waals surface area contributed by atoms with Crippen molar-refractivity contribution in [3.63, 3.8) is 0 Å². The molecule has 1 fully saturated rings. The molecule has 8 heteroatoms. The molecule has 4 rings (SSSR count). The summed E-state index contributed by atoms with van der Waals surface area (Å²) in [4.78, 5) is 15.0. The van der Waals surface area contributed by atoms with E-state index in [1.54, 1.807) is 6.26 Å². The van der Waals surface area contributed by atoms with Gasteiger partial charge in [-0.15, -0.1) is 10.2 Å². The Morgan fingerprint density at radius 3 is 2.59 bits per heavy atom. The number of rotatable bonds is 6. The maximum atomic E-state index is 12.6. The maximum Gasteiger partial charge on any atom is 0.237 e. The topological polar surface area (TPSA) is 76.2 Å². The number of anilines is 2. The number of nitrogens with one attached hydrogen (secondary N) is 1. The molecule has 0 bridgehead atoms. The second kappa shape index (κ2) is 8.73. The summed E-state index contributed by atoms with van der Waals surface area (Å²) in [5.41, 5.74) is 2.02. The van der Waals surface area contributed by atoms with Crippen LogP contribution in [0.1, 0.15) is 26.2 Å². The number of furan rings is 1. The first kappa shape index (κ1) is 19.6. The molecule has 0 spiro atoms. The van der Waals surface area contributed by atoms with Crippen LogP contribution in [0.25, 0.3) is 11.6 Å². The van der Waals surface area contributed by atoms with E-state index in [0.29, 0.717) is 16.7 Å². The van der Waals surface area contributed by atoms with E-state index >= 15 is 0 Å². The monoisotopic (exact) mass is 411 g/mol. The van der Waals surface area contributed by atoms with Crippen molar-refractivity contribution in [1.29, 1.82) is 0 Å². The minimum absolute atomic E-state index is 0.0664. The Kier molecular flexibility index (Phi) is 5.89. The number of piperidine rings is 1. The van der Waals surface area contributed by atoms with E-state index < -0.39 is 0 Å². The second-order valence-corrected chi connectivity index (χ2v) is 8.49. The highest BCUT2D eigenvalue weighted by Crippen LogP contribution is 2.27. The van der Waals surface area contributed by atoms with Crippen molar-refractivity contribution in [2.24, 2.45) is 7.05 Å². The molecule has 7 nitrogen and oxygen atoms in total. The summed E-state index contributed by atoms with van der Waals surface area (Å²) in [5.74, 6) is 1.22. The Balaban J connectivity index is 1.36. The fourth-order valence-corrected chi connectivity index (χ4v) is 4.22. The summed E-state index contributed by atoms with van der Waals surface area (Å²) >= 11 is 1.37. The van der Waals surface area contributed by atoms with Crippen LogP contribution in [0.3, 0.4) is 0 Å². The number of benzene rings is 1. The predicted molar refractivity (Wildman–Crippen MR) is 115 cm³/mol. The molecule has 1 unspecified atom stereocenters. The van der Waals surface area contributed by atoms with Gasteiger partial charge in [-0.3, -0.25) is 4.79 Å². The Morgan fingerprint density at radius 1 is 1.14 bits per heavy atom. The quantitative estimate of drug-likeness (QED) is 0.613. The highest BCUT2D eigenvalue weighted by Gasteiger charge is 2.20. The molecule has 2 aromatic heterocycles. The van der Waals surface area contributed by atoms with Gasteiger partial charge in [0.2, 0.25) is 5.91 Å². The molecule has 1 atom stereocenters. The van der Waals surface area contributed by atoms with Crippen LogP contribution in [-0.2, 0) is 11.8 Å². The van der Waals surface area contributed by atoms with Gasteiger partial charge in [0, 0.05) is 31.5 Å². The van der Waals surface area contributed by atoms with Crippen LogP contribution in [0, 0.1) is 0 Å². The number of hydrogen-bond donors (Lipinski definition) is 1. The molecular weight excluding hydrogens is 386 g/mol. The number of carbonyl (C=O) groups is 1. The van der Waals surface area contributed by atoms with Gasteiger partial charge >= 0.3 is 0 Å². The molecule has 0 radical (unpaired) electrons. The highest BCUT2D eigenvalue weighted by atomic mass is 32.2. The van der Waals surface area contributed by atoms with Crippen molar-refractivity contribution in [2.75, 3.05) is 23.3 Å². The standard InChI is InChI=1S/C21H25N5O2S/c1-15(29-21-24-23-19(25(21)2)18-7-6-14-28-18)20(27)22-16-8-10-17(11-9-16)26-12-4-3-5-13-26/h6-11,14-15H,3-5,12-13H2,1-2H3,(H,22,27). The fourth-order valence-electron chi connectivity index (χ4n) is 3.40. The number of thioether (sulfide) groups is 1. The first-order chi connectivity index (χ1) is 14.1. The van der Waals surface area contributed by atoms with Gasteiger partial charge in [-0.05, 0) is 62.6 Å². The van der Waals surface area contributed by atoms with Crippen LogP contribution in [0.5, 0.6) is 0 Å². The summed E-state index contributed by atoms with van der Waals surface area (Å²) in [6.07, 6.45) is 5.41. The molecule has 0 aliphatic carbocycles. The minimum atomic E-state index is -0.316. The lowest BCUT2D eigenvalue weighted by atomic mass is 10.1. The maximum absolute atomic E-state index is 12.6. The average Bonchev–Trinajstić information content (AvgIpc) is 3.39. The smallest absolute Gasteiger partial charge is 0.237 e. The van der Waals surface area contributed by atoms with Crippen LogP contribution >= 0.6 is 11.8 Å². The average molecular weight is 412 g/mol. The van der Waals surface area contributed by atoms with Crippen LogP contribution in [-0.4, -0.2) is 39.0 Å². The van der Waals surface area contributed by atoms with Crippen molar-refractivity contribution in [1.82, 2.24) is 14.8 Å². The van der Waals surface area contributed by atoms with Crippen molar-refractivity contribution in [3.8, 4) is 11.6 Å². The molecule has 3 heterocycles. The Bertz CT molecular complexity index is 946. The second-order valence-electron chi connectivity index (χ2n) is 7.19. The summed E-state index contributed by atoms with van der Waals surface area (Å²) in [6.45, 7) is 4.08. The number of amides is 1. The van der Waals surface area contributed by atoms with Crippen LogP contribution in [0.15, 0.2) is 52.2 Å². The van der Waals surface area contributed by atoms with E-state index in [1.165, 1.54) is 36.7 Å². The Labute approximate surface area is 174 Å². The number of aromatic nitrogens is 3. The highest BCUT2D eigenvalue weighted by molar-refractivity contribution is 8.00. The normalized spacial score (nSPS) is 15.3. The molecule has 1 N–H and O–H groups in total. The van der Waals surface area contributed by atoms with E-state index in [-0.39, 0.29) is 11.2 Å². The summed E-state index contributed by atoms with van der Waals surface area (Å²) < 4.78 is 7.22. The molecule has 1 aliphatic heterocycles. The van der Waals surface area contributed by atoms with Gasteiger partial charge in [0.25, 0.3) is 0 Å². The third-order valence-electron chi connectivity index (χ3n) is 5.08. The zero-order valence-electron chi connectivity index (χ0n) is 16.7. The molecule has 1 aromatic carbocycles. The lowest BCUT2D eigenvalue weighted by Crippen LogP contribution is -2.29. The third-order valence-corrected chi connectivity index (χ3v) is 6.22. The number of nitrogens with zero attached hydrogens (tertiary/aromatic N) is 4. The lowest BCUT2D eigenvalue weighted by Gasteiger charge is -2.28. The van der Waals surface area contributed by atoms with E-state index in [4.69, 9.17) is 4.42 Å². The summed E-state index contributed by atoms with van der Waals surface area (Å²) in [6, 6.07) is 11.7. The van der Waals surface area contributed by atoms with Gasteiger partial charge in [-0.2, -0.15) is 0 Å². The largest absolute Gasteiger partial charge is 0.461 e. The van der Waals surface area contributed by atoms with Gasteiger partial charge in [-0.1, -0.05) is 11.8 Å². The van der Waals surface area contributed by atoms with E-state index in [9.17, 15) is 4.79 Å². The van der Waals surface area contributed by atoms with Crippen molar-refractivity contribution < 1.29 is 9.21 Å². The van der Waals surface area contributed by atoms with Crippen LogP contribution < -0.4 is 10.2 Å². The van der Waals surface area contributed by atoms with Crippen LogP contribution in [0.4, 0.5) is 11.4 Å². The molecule has 152 valence electrons. The van der Waals surface area contributed by atoms with Crippen molar-refractivity contribution in [2.45, 2.75) is 36.6 Å². The van der Waals surface area contributed by atoms with Crippen molar-refractivity contribution in [3.05, 3.63) is 42.7 Å². The fraction of sp³-hybridized carbons (Fsp3) is 0.381. The zero-order valence-corrected chi connectivity index (χ0v) is 17.5. The molecule has 1 amide bonds. The number of carbonyl (C=O) groups excluding carboxylic acids is 1. The third kappa shape index (κ3) is 4.48. The molecule has 1 aliphatic rings. The van der Waals surface area contributed by atoms with Gasteiger partial charge in [-0.25, -0.2) is 0 Å². The summed E-state index contributed by atoms with van der Waals surface area (Å²) in [7, 11) is 1.87. The molecule has 0 saturated carbocycles. The van der Waals surface area contributed by atoms with E-state index in [1.807, 2.05) is 42.8 Å². The van der Waals surface area contributed by atoms with Crippen molar-refractivity contribution >= 4 is 29.0 Å². The van der Waals surface area contributed by atoms with Gasteiger partial charge in [0.05, 0.1) is 11.5 Å². The van der Waals surface area contributed by atoms with E-state index in [0.717, 1.165) is 18.8 Å². The SMILES string of the molecule is CC(Sc1nnc(-c2ccco2)n1C)C(=O)Nc1ccc(N2CCCCC2)cc1.